The van der Waals surface area contributed by atoms with Crippen LogP contribution in [0.3, 0.4) is 0 Å². The average Bonchev–Trinajstić information content (AvgIpc) is 2.45. The maximum atomic E-state index is 13.6. The summed E-state index contributed by atoms with van der Waals surface area (Å²) < 4.78 is 13.6. The molecule has 2 aromatic carbocycles. The van der Waals surface area contributed by atoms with E-state index >= 15 is 0 Å². The van der Waals surface area contributed by atoms with Crippen molar-refractivity contribution in [3.63, 3.8) is 0 Å². The molecule has 0 saturated carbocycles. The van der Waals surface area contributed by atoms with Crippen LogP contribution in [0, 0.1) is 5.82 Å². The maximum Gasteiger partial charge on any atom is 0.262 e. The summed E-state index contributed by atoms with van der Waals surface area (Å²) in [5.74, 6) is -1.81. The lowest BCUT2D eigenvalue weighted by Crippen LogP contribution is -2.15. The van der Waals surface area contributed by atoms with E-state index in [1.54, 1.807) is 12.1 Å². The Morgan fingerprint density at radius 1 is 1.24 bits per heavy atom. The zero-order valence-corrected chi connectivity index (χ0v) is 11.7. The van der Waals surface area contributed by atoms with Gasteiger partial charge in [-0.15, -0.1) is 0 Å². The minimum Gasteiger partial charge on any atom is -0.507 e. The summed E-state index contributed by atoms with van der Waals surface area (Å²) in [4.78, 5) is 12.1. The molecule has 0 fully saturated rings. The van der Waals surface area contributed by atoms with Crippen LogP contribution in [0.4, 0.5) is 10.1 Å². The molecule has 0 saturated heterocycles. The van der Waals surface area contributed by atoms with Crippen molar-refractivity contribution in [3.8, 4) is 5.75 Å². The molecule has 0 bridgehead atoms. The normalized spacial score (nSPS) is 10.4. The Morgan fingerprint density at radius 2 is 2.00 bits per heavy atom. The average molecular weight is 288 g/mol. The number of nitrogens with one attached hydrogen (secondary N) is 2. The Hall–Kier alpha value is -2.40. The third kappa shape index (κ3) is 3.79. The summed E-state index contributed by atoms with van der Waals surface area (Å²) in [5, 5.41) is 15.4. The molecule has 0 unspecified atom stereocenters. The van der Waals surface area contributed by atoms with Crippen LogP contribution in [0.25, 0.3) is 0 Å². The predicted octanol–water partition coefficient (Wildman–Crippen LogP) is 2.89. The molecular weight excluding hydrogens is 271 g/mol. The number of anilines is 1. The number of amides is 1. The summed E-state index contributed by atoms with van der Waals surface area (Å²) >= 11 is 0. The molecule has 3 N–H and O–H groups in total. The van der Waals surface area contributed by atoms with Gasteiger partial charge in [0.1, 0.15) is 17.1 Å². The lowest BCUT2D eigenvalue weighted by molar-refractivity contribution is 0.102. The topological polar surface area (TPSA) is 61.4 Å². The first-order valence-electron chi connectivity index (χ1n) is 6.70. The van der Waals surface area contributed by atoms with E-state index in [9.17, 15) is 14.3 Å². The van der Waals surface area contributed by atoms with Gasteiger partial charge >= 0.3 is 0 Å². The van der Waals surface area contributed by atoms with Gasteiger partial charge in [-0.3, -0.25) is 4.79 Å². The van der Waals surface area contributed by atoms with Crippen molar-refractivity contribution in [1.29, 1.82) is 0 Å². The van der Waals surface area contributed by atoms with Gasteiger partial charge in [0, 0.05) is 12.2 Å². The number of rotatable bonds is 5. The summed E-state index contributed by atoms with van der Waals surface area (Å²) in [7, 11) is 0. The van der Waals surface area contributed by atoms with Crippen molar-refractivity contribution in [2.75, 3.05) is 11.9 Å². The molecule has 0 aliphatic carbocycles. The lowest BCUT2D eigenvalue weighted by atomic mass is 10.1. The third-order valence-corrected chi connectivity index (χ3v) is 2.98. The number of hydrogen-bond acceptors (Lipinski definition) is 3. The molecule has 4 nitrogen and oxygen atoms in total. The standard InChI is InChI=1S/C16H17FN2O2/c1-2-18-10-11-5-3-6-12(9-11)19-16(21)15-13(17)7-4-8-14(15)20/h3-9,18,20H,2,10H2,1H3,(H,19,21). The van der Waals surface area contributed by atoms with Gasteiger partial charge in [-0.25, -0.2) is 4.39 Å². The van der Waals surface area contributed by atoms with Gasteiger partial charge in [0.05, 0.1) is 0 Å². The fraction of sp³-hybridized carbons (Fsp3) is 0.188. The number of hydrogen-bond donors (Lipinski definition) is 3. The van der Waals surface area contributed by atoms with Crippen LogP contribution in [-0.2, 0) is 6.54 Å². The molecule has 0 aliphatic rings. The molecule has 110 valence electrons. The number of carbonyl (C=O) groups is 1. The number of carbonyl (C=O) groups excluding carboxylic acids is 1. The molecular formula is C16H17FN2O2. The van der Waals surface area contributed by atoms with Crippen molar-refractivity contribution in [2.24, 2.45) is 0 Å². The van der Waals surface area contributed by atoms with E-state index in [1.165, 1.54) is 12.1 Å². The van der Waals surface area contributed by atoms with Gasteiger partial charge in [0.15, 0.2) is 0 Å². The highest BCUT2D eigenvalue weighted by Crippen LogP contribution is 2.21. The highest BCUT2D eigenvalue weighted by molar-refractivity contribution is 6.06. The summed E-state index contributed by atoms with van der Waals surface area (Å²) in [6.45, 7) is 3.54. The van der Waals surface area contributed by atoms with Crippen molar-refractivity contribution in [3.05, 3.63) is 59.4 Å². The second-order valence-electron chi connectivity index (χ2n) is 4.57. The summed E-state index contributed by atoms with van der Waals surface area (Å²) in [5.41, 5.74) is 1.21. The van der Waals surface area contributed by atoms with E-state index in [1.807, 2.05) is 19.1 Å². The van der Waals surface area contributed by atoms with Gasteiger partial charge in [0.25, 0.3) is 5.91 Å². The Bertz CT molecular complexity index is 624. The molecule has 5 heteroatoms. The van der Waals surface area contributed by atoms with Crippen molar-refractivity contribution >= 4 is 11.6 Å². The molecule has 0 aromatic heterocycles. The van der Waals surface area contributed by atoms with Gasteiger partial charge in [-0.2, -0.15) is 0 Å². The molecule has 0 atom stereocenters. The summed E-state index contributed by atoms with van der Waals surface area (Å²) in [6.07, 6.45) is 0. The van der Waals surface area contributed by atoms with Crippen LogP contribution in [0.5, 0.6) is 5.75 Å². The number of phenolic OH excluding ortho intramolecular Hbond substituents is 1. The van der Waals surface area contributed by atoms with Crippen molar-refractivity contribution in [2.45, 2.75) is 13.5 Å². The molecule has 0 aliphatic heterocycles. The van der Waals surface area contributed by atoms with Gasteiger partial charge < -0.3 is 15.7 Å². The minimum absolute atomic E-state index is 0.352. The van der Waals surface area contributed by atoms with Crippen LogP contribution in [0.15, 0.2) is 42.5 Å². The van der Waals surface area contributed by atoms with E-state index in [0.717, 1.165) is 18.2 Å². The first kappa shape index (κ1) is 15.0. The minimum atomic E-state index is -0.753. The fourth-order valence-electron chi connectivity index (χ4n) is 1.96. The van der Waals surface area contributed by atoms with Crippen LogP contribution in [-0.4, -0.2) is 17.6 Å². The predicted molar refractivity (Wildman–Crippen MR) is 79.8 cm³/mol. The first-order chi connectivity index (χ1) is 10.1. The van der Waals surface area contributed by atoms with E-state index < -0.39 is 11.7 Å². The zero-order chi connectivity index (χ0) is 15.2. The monoisotopic (exact) mass is 288 g/mol. The van der Waals surface area contributed by atoms with Crippen LogP contribution in [0.1, 0.15) is 22.8 Å². The Morgan fingerprint density at radius 3 is 2.71 bits per heavy atom. The maximum absolute atomic E-state index is 13.6. The SMILES string of the molecule is CCNCc1cccc(NC(=O)c2c(O)cccc2F)c1. The largest absolute Gasteiger partial charge is 0.507 e. The van der Waals surface area contributed by atoms with Crippen LogP contribution < -0.4 is 10.6 Å². The Balaban J connectivity index is 2.16. The lowest BCUT2D eigenvalue weighted by Gasteiger charge is -2.09. The zero-order valence-electron chi connectivity index (χ0n) is 11.7. The van der Waals surface area contributed by atoms with E-state index in [2.05, 4.69) is 10.6 Å². The van der Waals surface area contributed by atoms with E-state index in [4.69, 9.17) is 0 Å². The highest BCUT2D eigenvalue weighted by atomic mass is 19.1. The third-order valence-electron chi connectivity index (χ3n) is 2.98. The number of aromatic hydroxyl groups is 1. The second kappa shape index (κ2) is 6.85. The fourth-order valence-corrected chi connectivity index (χ4v) is 1.96. The molecule has 21 heavy (non-hydrogen) atoms. The first-order valence-corrected chi connectivity index (χ1v) is 6.70. The Labute approximate surface area is 122 Å². The number of phenols is 1. The molecule has 0 radical (unpaired) electrons. The van der Waals surface area contributed by atoms with E-state index in [-0.39, 0.29) is 11.3 Å². The van der Waals surface area contributed by atoms with Gasteiger partial charge in [-0.05, 0) is 36.4 Å². The molecule has 0 heterocycles. The molecule has 2 aromatic rings. The number of benzene rings is 2. The smallest absolute Gasteiger partial charge is 0.262 e. The van der Waals surface area contributed by atoms with Gasteiger partial charge in [0.2, 0.25) is 0 Å². The Kier molecular flexibility index (Phi) is 4.90. The molecule has 1 amide bonds. The summed E-state index contributed by atoms with van der Waals surface area (Å²) in [6, 6.07) is 11.0. The number of halogens is 1. The molecule has 2 rings (SSSR count). The molecule has 0 spiro atoms. The van der Waals surface area contributed by atoms with Gasteiger partial charge in [-0.1, -0.05) is 25.1 Å². The van der Waals surface area contributed by atoms with Crippen LogP contribution in [0.2, 0.25) is 0 Å². The van der Waals surface area contributed by atoms with Crippen molar-refractivity contribution < 1.29 is 14.3 Å². The van der Waals surface area contributed by atoms with E-state index in [0.29, 0.717) is 12.2 Å². The van der Waals surface area contributed by atoms with Crippen molar-refractivity contribution in [1.82, 2.24) is 5.32 Å². The quantitative estimate of drug-likeness (QED) is 0.793. The second-order valence-corrected chi connectivity index (χ2v) is 4.57. The highest BCUT2D eigenvalue weighted by Gasteiger charge is 2.16. The van der Waals surface area contributed by atoms with Crippen LogP contribution >= 0.6 is 0 Å².